The number of nitrogens with zero attached hydrogens (tertiary/aromatic N) is 1. The molecule has 4 aromatic carbocycles. The molecule has 1 atom stereocenters. The van der Waals surface area contributed by atoms with Crippen LogP contribution in [0.3, 0.4) is 0 Å². The first-order valence-corrected chi connectivity index (χ1v) is 17.5. The van der Waals surface area contributed by atoms with Gasteiger partial charge in [0.1, 0.15) is 11.6 Å². The maximum atomic E-state index is 13.1. The molecule has 296 valence electrons. The van der Waals surface area contributed by atoms with E-state index in [2.05, 4.69) is 26.6 Å². The molecule has 0 spiro atoms. The van der Waals surface area contributed by atoms with Crippen molar-refractivity contribution < 1.29 is 53.6 Å². The van der Waals surface area contributed by atoms with Gasteiger partial charge in [0.2, 0.25) is 11.8 Å². The van der Waals surface area contributed by atoms with Crippen molar-refractivity contribution in [3.05, 3.63) is 95.1 Å². The van der Waals surface area contributed by atoms with Crippen molar-refractivity contribution in [3.63, 3.8) is 0 Å². The fourth-order valence-electron chi connectivity index (χ4n) is 5.43. The zero-order valence-electron chi connectivity index (χ0n) is 31.1. The number of benzene rings is 4. The molecule has 0 saturated carbocycles. The molecule has 0 radical (unpaired) electrons. The van der Waals surface area contributed by atoms with Gasteiger partial charge in [-0.25, -0.2) is 4.79 Å². The molecule has 0 bridgehead atoms. The first-order chi connectivity index (χ1) is 27.3. The molecule has 57 heavy (non-hydrogen) atoms. The van der Waals surface area contributed by atoms with Crippen LogP contribution in [0, 0.1) is 11.3 Å². The van der Waals surface area contributed by atoms with E-state index in [4.69, 9.17) is 9.47 Å². The maximum Gasteiger partial charge on any atom is 0.339 e. The molecule has 0 aliphatic rings. The Morgan fingerprint density at radius 1 is 0.667 bits per heavy atom. The smallest absolute Gasteiger partial charge is 0.339 e. The normalized spacial score (nSPS) is 10.9. The number of nitriles is 1. The Morgan fingerprint density at radius 2 is 1.18 bits per heavy atom. The van der Waals surface area contributed by atoms with Gasteiger partial charge in [-0.2, -0.15) is 5.26 Å². The van der Waals surface area contributed by atoms with Crippen LogP contribution in [0.4, 0.5) is 22.7 Å². The third-order valence-electron chi connectivity index (χ3n) is 8.41. The first kappa shape index (κ1) is 42.1. The lowest BCUT2D eigenvalue weighted by molar-refractivity contribution is -0.118. The van der Waals surface area contributed by atoms with Crippen molar-refractivity contribution in [2.75, 3.05) is 35.5 Å². The van der Waals surface area contributed by atoms with E-state index in [1.165, 1.54) is 61.7 Å². The van der Waals surface area contributed by atoms with Gasteiger partial charge < -0.3 is 51.4 Å². The summed E-state index contributed by atoms with van der Waals surface area (Å²) >= 11 is 0. The van der Waals surface area contributed by atoms with Crippen LogP contribution in [0.25, 0.3) is 0 Å². The Bertz CT molecular complexity index is 2200. The standard InChI is InChI=1S/C40H40N6O11/c1-4-5-6-7-31(47)42-24-12-8-23(9-13-24)37(51)46-30(20-21-41)39(53)43-25-14-10-22(11-15-25)36(50)44-28-18-16-26(32(48)34(28)56-2)38(52)45-29-19-17-27(40(54)55)33(49)35(29)57-3/h8-19,30,48-49H,4-7,20H2,1-3H3,(H,42,47)(H,43,53)(H,44,50)(H,45,52)(H,46,51)(H,54,55)/t30-/m0/s1. The van der Waals surface area contributed by atoms with Crippen LogP contribution in [-0.2, 0) is 9.59 Å². The summed E-state index contributed by atoms with van der Waals surface area (Å²) in [5, 5.41) is 52.6. The number of unbranched alkanes of at least 4 members (excludes halogenated alkanes) is 2. The molecule has 5 amide bonds. The van der Waals surface area contributed by atoms with Crippen molar-refractivity contribution in [3.8, 4) is 29.1 Å². The van der Waals surface area contributed by atoms with E-state index in [-0.39, 0.29) is 57.6 Å². The van der Waals surface area contributed by atoms with Crippen LogP contribution in [0.15, 0.2) is 72.8 Å². The number of aromatic hydroxyl groups is 2. The van der Waals surface area contributed by atoms with Crippen LogP contribution in [0.5, 0.6) is 23.0 Å². The summed E-state index contributed by atoms with van der Waals surface area (Å²) in [7, 11) is 2.36. The van der Waals surface area contributed by atoms with Gasteiger partial charge in [-0.15, -0.1) is 0 Å². The van der Waals surface area contributed by atoms with E-state index < -0.39 is 52.7 Å². The average molecular weight is 781 g/mol. The quantitative estimate of drug-likeness (QED) is 0.0619. The highest BCUT2D eigenvalue weighted by molar-refractivity contribution is 6.10. The number of hydrogen-bond donors (Lipinski definition) is 8. The van der Waals surface area contributed by atoms with E-state index in [9.17, 15) is 49.3 Å². The summed E-state index contributed by atoms with van der Waals surface area (Å²) < 4.78 is 10.3. The first-order valence-electron chi connectivity index (χ1n) is 17.5. The molecule has 0 fully saturated rings. The zero-order valence-corrected chi connectivity index (χ0v) is 31.1. The SMILES string of the molecule is CCCCCC(=O)Nc1ccc(C(=O)N[C@@H](CC#N)C(=O)Nc2ccc(C(=O)Nc3ccc(C(=O)Nc4ccc(C(=O)O)c(O)c4OC)c(O)c3OC)cc2)cc1. The molecular formula is C40H40N6O11. The molecule has 17 heteroatoms. The van der Waals surface area contributed by atoms with Gasteiger partial charge in [0.05, 0.1) is 43.6 Å². The predicted octanol–water partition coefficient (Wildman–Crippen LogP) is 5.49. The molecule has 4 aromatic rings. The highest BCUT2D eigenvalue weighted by atomic mass is 16.5. The van der Waals surface area contributed by atoms with Crippen molar-refractivity contribution in [2.24, 2.45) is 0 Å². The number of carbonyl (C=O) groups is 6. The number of hydrogen-bond acceptors (Lipinski definition) is 11. The molecule has 0 heterocycles. The molecule has 0 saturated heterocycles. The Hall–Kier alpha value is -7.61. The fraction of sp³-hybridized carbons (Fsp3) is 0.225. The van der Waals surface area contributed by atoms with E-state index in [1.807, 2.05) is 13.0 Å². The maximum absolute atomic E-state index is 13.1. The number of carboxylic acids is 1. The molecule has 0 aromatic heterocycles. The van der Waals surface area contributed by atoms with Gasteiger partial charge in [0, 0.05) is 28.9 Å². The Balaban J connectivity index is 1.38. The zero-order chi connectivity index (χ0) is 41.6. The monoisotopic (exact) mass is 780 g/mol. The van der Waals surface area contributed by atoms with Crippen LogP contribution in [0.2, 0.25) is 0 Å². The van der Waals surface area contributed by atoms with Crippen molar-refractivity contribution >= 4 is 58.3 Å². The Morgan fingerprint density at radius 3 is 1.70 bits per heavy atom. The largest absolute Gasteiger partial charge is 0.504 e. The topological polar surface area (TPSA) is 266 Å². The molecule has 0 unspecified atom stereocenters. The highest BCUT2D eigenvalue weighted by Gasteiger charge is 2.25. The second-order valence-corrected chi connectivity index (χ2v) is 12.3. The molecular weight excluding hydrogens is 740 g/mol. The van der Waals surface area contributed by atoms with Gasteiger partial charge in [0.15, 0.2) is 23.0 Å². The second kappa shape index (κ2) is 19.6. The number of aromatic carboxylic acids is 1. The summed E-state index contributed by atoms with van der Waals surface area (Å²) in [6.45, 7) is 2.04. The molecule has 4 rings (SSSR count). The number of phenols is 2. The third kappa shape index (κ3) is 10.8. The number of methoxy groups -OCH3 is 2. The van der Waals surface area contributed by atoms with E-state index in [0.29, 0.717) is 12.1 Å². The predicted molar refractivity (Wildman–Crippen MR) is 208 cm³/mol. The number of rotatable bonds is 17. The van der Waals surface area contributed by atoms with Crippen molar-refractivity contribution in [1.29, 1.82) is 5.26 Å². The number of ether oxygens (including phenoxy) is 2. The number of nitrogens with one attached hydrogen (secondary N) is 5. The van der Waals surface area contributed by atoms with E-state index >= 15 is 0 Å². The van der Waals surface area contributed by atoms with Crippen LogP contribution in [0.1, 0.15) is 80.5 Å². The van der Waals surface area contributed by atoms with Gasteiger partial charge >= 0.3 is 5.97 Å². The van der Waals surface area contributed by atoms with Crippen LogP contribution >= 0.6 is 0 Å². The number of anilines is 4. The average Bonchev–Trinajstić information content (AvgIpc) is 3.18. The van der Waals surface area contributed by atoms with Gasteiger partial charge in [0.25, 0.3) is 17.7 Å². The molecule has 17 nitrogen and oxygen atoms in total. The van der Waals surface area contributed by atoms with E-state index in [0.717, 1.165) is 32.4 Å². The Labute approximate surface area is 326 Å². The summed E-state index contributed by atoms with van der Waals surface area (Å²) in [6.07, 6.45) is 2.77. The minimum Gasteiger partial charge on any atom is -0.504 e. The van der Waals surface area contributed by atoms with Gasteiger partial charge in [-0.1, -0.05) is 19.8 Å². The number of carbonyl (C=O) groups excluding carboxylic acids is 5. The summed E-state index contributed by atoms with van der Waals surface area (Å²) in [4.78, 5) is 75.7. The van der Waals surface area contributed by atoms with Gasteiger partial charge in [-0.05, 0) is 79.2 Å². The third-order valence-corrected chi connectivity index (χ3v) is 8.41. The van der Waals surface area contributed by atoms with Crippen molar-refractivity contribution in [2.45, 2.75) is 45.1 Å². The number of amides is 5. The molecule has 0 aliphatic heterocycles. The lowest BCUT2D eigenvalue weighted by Gasteiger charge is -2.17. The summed E-state index contributed by atoms with van der Waals surface area (Å²) in [5.41, 5.74) is 0.244. The van der Waals surface area contributed by atoms with Crippen LogP contribution in [-0.4, -0.2) is 71.1 Å². The lowest BCUT2D eigenvalue weighted by atomic mass is 10.1. The lowest BCUT2D eigenvalue weighted by Crippen LogP contribution is -2.43. The van der Waals surface area contributed by atoms with E-state index in [1.54, 1.807) is 12.1 Å². The van der Waals surface area contributed by atoms with Crippen molar-refractivity contribution in [1.82, 2.24) is 5.32 Å². The highest BCUT2D eigenvalue weighted by Crippen LogP contribution is 2.40. The fourth-order valence-corrected chi connectivity index (χ4v) is 5.43. The van der Waals surface area contributed by atoms with Crippen LogP contribution < -0.4 is 36.1 Å². The second-order valence-electron chi connectivity index (χ2n) is 12.3. The van der Waals surface area contributed by atoms with Gasteiger partial charge in [-0.3, -0.25) is 24.0 Å². The summed E-state index contributed by atoms with van der Waals surface area (Å²) in [5.74, 6) is -6.33. The minimum absolute atomic E-state index is 0.00754. The minimum atomic E-state index is -1.42. The summed E-state index contributed by atoms with van der Waals surface area (Å²) in [6, 6.07) is 17.1. The number of phenolic OH excluding ortho intramolecular Hbond substituents is 1. The molecule has 0 aliphatic carbocycles. The molecule has 8 N–H and O–H groups in total. The Kier molecular flexibility index (Phi) is 14.5. The number of carboxylic acid groups (broad SMARTS) is 1.